The van der Waals surface area contributed by atoms with Crippen molar-refractivity contribution in [2.75, 3.05) is 13.7 Å². The smallest absolute Gasteiger partial charge is 0.238 e. The number of primary sulfonamides is 1. The van der Waals surface area contributed by atoms with Crippen molar-refractivity contribution in [3.63, 3.8) is 0 Å². The fraction of sp³-hybridized carbons (Fsp3) is 0.538. The van der Waals surface area contributed by atoms with Gasteiger partial charge >= 0.3 is 0 Å². The third-order valence-corrected chi connectivity index (χ3v) is 3.98. The molecule has 1 aromatic rings. The molecule has 2 unspecified atom stereocenters. The Morgan fingerprint density at radius 3 is 2.32 bits per heavy atom. The van der Waals surface area contributed by atoms with Gasteiger partial charge in [-0.3, -0.25) is 0 Å². The van der Waals surface area contributed by atoms with Crippen LogP contribution in [0.4, 0.5) is 0 Å². The molecule has 0 bridgehead atoms. The lowest BCUT2D eigenvalue weighted by Gasteiger charge is -2.22. The van der Waals surface area contributed by atoms with E-state index in [-0.39, 0.29) is 17.0 Å². The van der Waals surface area contributed by atoms with E-state index in [9.17, 15) is 8.42 Å². The number of methoxy groups -OCH3 is 1. The minimum Gasteiger partial charge on any atom is -0.383 e. The summed E-state index contributed by atoms with van der Waals surface area (Å²) in [6, 6.07) is 7.00. The topological polar surface area (TPSA) is 81.4 Å². The second kappa shape index (κ2) is 7.00. The highest BCUT2D eigenvalue weighted by Gasteiger charge is 2.13. The number of sulfonamides is 1. The zero-order chi connectivity index (χ0) is 14.5. The van der Waals surface area contributed by atoms with Gasteiger partial charge in [0.1, 0.15) is 0 Å². The molecule has 0 fully saturated rings. The third kappa shape index (κ3) is 4.91. The minimum atomic E-state index is -3.62. The molecule has 1 aromatic carbocycles. The van der Waals surface area contributed by atoms with Crippen molar-refractivity contribution in [3.8, 4) is 0 Å². The molecule has 5 nitrogen and oxygen atoms in total. The summed E-state index contributed by atoms with van der Waals surface area (Å²) < 4.78 is 27.5. The predicted octanol–water partition coefficient (Wildman–Crippen LogP) is 1.41. The van der Waals surface area contributed by atoms with Crippen molar-refractivity contribution in [2.45, 2.75) is 37.2 Å². The molecule has 0 aromatic heterocycles. The summed E-state index contributed by atoms with van der Waals surface area (Å²) in [5.41, 5.74) is 1.02. The van der Waals surface area contributed by atoms with Gasteiger partial charge in [-0.05, 0) is 31.0 Å². The van der Waals surface area contributed by atoms with E-state index in [1.54, 1.807) is 19.2 Å². The molecule has 0 saturated heterocycles. The van der Waals surface area contributed by atoms with E-state index < -0.39 is 10.0 Å². The maximum absolute atomic E-state index is 11.2. The predicted molar refractivity (Wildman–Crippen MR) is 75.3 cm³/mol. The molecule has 6 heteroatoms. The van der Waals surface area contributed by atoms with Crippen molar-refractivity contribution in [1.29, 1.82) is 0 Å². The lowest BCUT2D eigenvalue weighted by atomic mass is 10.1. The highest BCUT2D eigenvalue weighted by Crippen LogP contribution is 2.16. The second-order valence-electron chi connectivity index (χ2n) is 4.56. The number of ether oxygens (including phenoxy) is 1. The van der Waals surface area contributed by atoms with Crippen LogP contribution in [0.25, 0.3) is 0 Å². The van der Waals surface area contributed by atoms with E-state index in [0.29, 0.717) is 6.61 Å². The summed E-state index contributed by atoms with van der Waals surface area (Å²) in [5, 5.41) is 8.50. The normalized spacial score (nSPS) is 15.2. The fourth-order valence-corrected chi connectivity index (χ4v) is 2.40. The van der Waals surface area contributed by atoms with E-state index >= 15 is 0 Å². The second-order valence-corrected chi connectivity index (χ2v) is 6.12. The van der Waals surface area contributed by atoms with Crippen LogP contribution in [0.15, 0.2) is 29.2 Å². The van der Waals surface area contributed by atoms with E-state index in [0.717, 1.165) is 12.0 Å². The van der Waals surface area contributed by atoms with E-state index in [1.807, 2.05) is 6.92 Å². The first-order valence-corrected chi connectivity index (χ1v) is 7.80. The standard InChI is InChI=1S/C13H22N2O3S/c1-4-12(9-18-3)15-10(2)11-5-7-13(8-6-11)19(14,16)17/h5-8,10,12,15H,4,9H2,1-3H3,(H2,14,16,17). The summed E-state index contributed by atoms with van der Waals surface area (Å²) in [6.07, 6.45) is 0.966. The molecule has 0 aliphatic rings. The van der Waals surface area contributed by atoms with Crippen molar-refractivity contribution in [2.24, 2.45) is 5.14 Å². The molecule has 0 spiro atoms. The van der Waals surface area contributed by atoms with Gasteiger partial charge < -0.3 is 10.1 Å². The maximum Gasteiger partial charge on any atom is 0.238 e. The van der Waals surface area contributed by atoms with Crippen LogP contribution in [0.2, 0.25) is 0 Å². The Balaban J connectivity index is 2.75. The van der Waals surface area contributed by atoms with Crippen LogP contribution in [0, 0.1) is 0 Å². The van der Waals surface area contributed by atoms with Crippen LogP contribution < -0.4 is 10.5 Å². The summed E-state index contributed by atoms with van der Waals surface area (Å²) in [7, 11) is -1.95. The molecule has 1 rings (SSSR count). The number of nitrogens with one attached hydrogen (secondary N) is 1. The molecule has 0 aliphatic carbocycles. The highest BCUT2D eigenvalue weighted by atomic mass is 32.2. The Bertz CT molecular complexity index is 485. The summed E-state index contributed by atoms with van der Waals surface area (Å²) in [6.45, 7) is 4.77. The molecule has 0 amide bonds. The van der Waals surface area contributed by atoms with Gasteiger partial charge in [0.05, 0.1) is 11.5 Å². The van der Waals surface area contributed by atoms with Crippen molar-refractivity contribution in [1.82, 2.24) is 5.32 Å². The van der Waals surface area contributed by atoms with Gasteiger partial charge in [-0.25, -0.2) is 13.6 Å². The average molecular weight is 286 g/mol. The van der Waals surface area contributed by atoms with Crippen LogP contribution in [0.5, 0.6) is 0 Å². The molecule has 0 saturated carbocycles. The van der Waals surface area contributed by atoms with Crippen LogP contribution in [-0.4, -0.2) is 28.2 Å². The van der Waals surface area contributed by atoms with Gasteiger partial charge in [-0.15, -0.1) is 0 Å². The van der Waals surface area contributed by atoms with Crippen molar-refractivity contribution < 1.29 is 13.2 Å². The molecule has 0 radical (unpaired) electrons. The van der Waals surface area contributed by atoms with Gasteiger partial charge in [0, 0.05) is 19.2 Å². The maximum atomic E-state index is 11.2. The van der Waals surface area contributed by atoms with E-state index in [1.165, 1.54) is 12.1 Å². The highest BCUT2D eigenvalue weighted by molar-refractivity contribution is 7.89. The summed E-state index contributed by atoms with van der Waals surface area (Å²) >= 11 is 0. The lowest BCUT2D eigenvalue weighted by Crippen LogP contribution is -2.34. The van der Waals surface area contributed by atoms with Gasteiger partial charge in [0.25, 0.3) is 0 Å². The molecule has 2 atom stereocenters. The van der Waals surface area contributed by atoms with Gasteiger partial charge in [0.2, 0.25) is 10.0 Å². The zero-order valence-electron chi connectivity index (χ0n) is 11.6. The van der Waals surface area contributed by atoms with Crippen LogP contribution in [0.3, 0.4) is 0 Å². The lowest BCUT2D eigenvalue weighted by molar-refractivity contribution is 0.159. The first kappa shape index (κ1) is 16.1. The Morgan fingerprint density at radius 2 is 1.89 bits per heavy atom. The van der Waals surface area contributed by atoms with E-state index in [4.69, 9.17) is 9.88 Å². The number of benzene rings is 1. The van der Waals surface area contributed by atoms with Crippen LogP contribution >= 0.6 is 0 Å². The largest absolute Gasteiger partial charge is 0.383 e. The number of hydrogen-bond acceptors (Lipinski definition) is 4. The van der Waals surface area contributed by atoms with Crippen molar-refractivity contribution >= 4 is 10.0 Å². The first-order valence-electron chi connectivity index (χ1n) is 6.26. The summed E-state index contributed by atoms with van der Waals surface area (Å²) in [5.74, 6) is 0. The molecule has 108 valence electrons. The van der Waals surface area contributed by atoms with E-state index in [2.05, 4.69) is 12.2 Å². The Hall–Kier alpha value is -0.950. The van der Waals surface area contributed by atoms with Crippen LogP contribution in [0.1, 0.15) is 31.9 Å². The molecule has 3 N–H and O–H groups in total. The van der Waals surface area contributed by atoms with Crippen molar-refractivity contribution in [3.05, 3.63) is 29.8 Å². The SMILES string of the molecule is CCC(COC)NC(C)c1ccc(S(N)(=O)=O)cc1. The van der Waals surface area contributed by atoms with Gasteiger partial charge in [-0.2, -0.15) is 0 Å². The van der Waals surface area contributed by atoms with Gasteiger partial charge in [-0.1, -0.05) is 19.1 Å². The van der Waals surface area contributed by atoms with Gasteiger partial charge in [0.15, 0.2) is 0 Å². The first-order chi connectivity index (χ1) is 8.88. The average Bonchev–Trinajstić information content (AvgIpc) is 2.37. The zero-order valence-corrected chi connectivity index (χ0v) is 12.4. The Kier molecular flexibility index (Phi) is 5.93. The van der Waals surface area contributed by atoms with Crippen LogP contribution in [-0.2, 0) is 14.8 Å². The minimum absolute atomic E-state index is 0.120. The molecule has 0 heterocycles. The number of nitrogens with two attached hydrogens (primary N) is 1. The Morgan fingerprint density at radius 1 is 1.32 bits per heavy atom. The summed E-state index contributed by atoms with van der Waals surface area (Å²) in [4.78, 5) is 0.132. The third-order valence-electron chi connectivity index (χ3n) is 3.05. The number of rotatable bonds is 7. The Labute approximate surface area is 115 Å². The molecular weight excluding hydrogens is 264 g/mol. The quantitative estimate of drug-likeness (QED) is 0.794. The fourth-order valence-electron chi connectivity index (χ4n) is 1.88. The molecular formula is C13H22N2O3S. The molecule has 0 aliphatic heterocycles. The monoisotopic (exact) mass is 286 g/mol. The molecule has 19 heavy (non-hydrogen) atoms. The number of hydrogen-bond donors (Lipinski definition) is 2.